The number of carboxylic acid groups (broad SMARTS) is 1. The minimum Gasteiger partial charge on any atom is -0.480 e. The number of nitrogens with one attached hydrogen (secondary N) is 2. The van der Waals surface area contributed by atoms with E-state index in [0.717, 1.165) is 12.8 Å². The lowest BCUT2D eigenvalue weighted by molar-refractivity contribution is -0.139. The molecule has 1 aromatic carbocycles. The van der Waals surface area contributed by atoms with Crippen molar-refractivity contribution in [3.63, 3.8) is 0 Å². The number of halogens is 1. The number of urea groups is 1. The summed E-state index contributed by atoms with van der Waals surface area (Å²) in [6.45, 7) is 3.14. The first-order chi connectivity index (χ1) is 12.0. The Morgan fingerprint density at radius 1 is 1.32 bits per heavy atom. The van der Waals surface area contributed by atoms with Gasteiger partial charge in [-0.1, -0.05) is 25.1 Å². The second-order valence-corrected chi connectivity index (χ2v) is 6.37. The summed E-state index contributed by atoms with van der Waals surface area (Å²) in [6.07, 6.45) is 2.79. The van der Waals surface area contributed by atoms with Gasteiger partial charge in [-0.25, -0.2) is 9.18 Å². The van der Waals surface area contributed by atoms with Crippen LogP contribution < -0.4 is 10.6 Å². The molecule has 1 aliphatic carbocycles. The predicted octanol–water partition coefficient (Wildman–Crippen LogP) is 2.00. The van der Waals surface area contributed by atoms with Crippen LogP contribution in [-0.2, 0) is 11.2 Å². The third-order valence-electron chi connectivity index (χ3n) is 4.58. The zero-order valence-electron chi connectivity index (χ0n) is 14.5. The van der Waals surface area contributed by atoms with Gasteiger partial charge in [-0.05, 0) is 43.9 Å². The van der Waals surface area contributed by atoms with Gasteiger partial charge in [0.15, 0.2) is 0 Å². The van der Waals surface area contributed by atoms with E-state index in [-0.39, 0.29) is 30.5 Å². The van der Waals surface area contributed by atoms with Gasteiger partial charge in [0.25, 0.3) is 0 Å². The lowest BCUT2D eigenvalue weighted by atomic mass is 9.85. The van der Waals surface area contributed by atoms with Crippen molar-refractivity contribution in [2.45, 2.75) is 44.7 Å². The van der Waals surface area contributed by atoms with Crippen LogP contribution >= 0.6 is 0 Å². The number of benzene rings is 1. The summed E-state index contributed by atoms with van der Waals surface area (Å²) in [5, 5.41) is 14.5. The van der Waals surface area contributed by atoms with Crippen LogP contribution in [0.2, 0.25) is 0 Å². The fourth-order valence-electron chi connectivity index (χ4n) is 3.09. The zero-order valence-corrected chi connectivity index (χ0v) is 14.5. The van der Waals surface area contributed by atoms with Gasteiger partial charge in [0.2, 0.25) is 0 Å². The summed E-state index contributed by atoms with van der Waals surface area (Å²) in [7, 11) is 0. The summed E-state index contributed by atoms with van der Waals surface area (Å²) in [5.41, 5.74) is 0.657. The predicted molar refractivity (Wildman–Crippen MR) is 92.9 cm³/mol. The molecule has 2 rings (SSSR count). The van der Waals surface area contributed by atoms with Crippen LogP contribution in [0.25, 0.3) is 0 Å². The molecular formula is C18H26FN3O3. The quantitative estimate of drug-likeness (QED) is 0.594. The highest BCUT2D eigenvalue weighted by molar-refractivity contribution is 5.74. The molecule has 0 aliphatic heterocycles. The minimum atomic E-state index is -0.828. The number of aryl methyl sites for hydroxylation is 1. The SMILES string of the molecule is CCN(CC(=O)O)C1CC(NC(=O)NCCCc2ccccc2F)C1. The molecule has 138 valence electrons. The van der Waals surface area contributed by atoms with Crippen molar-refractivity contribution < 1.29 is 19.1 Å². The Morgan fingerprint density at radius 2 is 2.04 bits per heavy atom. The molecule has 0 spiro atoms. The van der Waals surface area contributed by atoms with E-state index in [1.165, 1.54) is 6.07 Å². The number of carboxylic acids is 1. The topological polar surface area (TPSA) is 81.7 Å². The molecule has 0 radical (unpaired) electrons. The maximum atomic E-state index is 13.5. The molecule has 0 heterocycles. The number of hydrogen-bond acceptors (Lipinski definition) is 3. The summed E-state index contributed by atoms with van der Waals surface area (Å²) in [4.78, 5) is 24.6. The highest BCUT2D eigenvalue weighted by Crippen LogP contribution is 2.25. The number of rotatable bonds is 9. The molecule has 0 aromatic heterocycles. The lowest BCUT2D eigenvalue weighted by Gasteiger charge is -2.42. The number of amides is 2. The Balaban J connectivity index is 1.59. The first kappa shape index (κ1) is 19.2. The van der Waals surface area contributed by atoms with Gasteiger partial charge in [-0.2, -0.15) is 0 Å². The molecule has 25 heavy (non-hydrogen) atoms. The molecule has 1 fully saturated rings. The van der Waals surface area contributed by atoms with E-state index in [4.69, 9.17) is 5.11 Å². The maximum absolute atomic E-state index is 13.5. The van der Waals surface area contributed by atoms with Crippen molar-refractivity contribution >= 4 is 12.0 Å². The maximum Gasteiger partial charge on any atom is 0.317 e. The summed E-state index contributed by atoms with van der Waals surface area (Å²) in [5.74, 6) is -1.04. The molecular weight excluding hydrogens is 325 g/mol. The lowest BCUT2D eigenvalue weighted by Crippen LogP contribution is -2.56. The van der Waals surface area contributed by atoms with Crippen molar-refractivity contribution in [3.8, 4) is 0 Å². The van der Waals surface area contributed by atoms with Crippen LogP contribution in [0.5, 0.6) is 0 Å². The fraction of sp³-hybridized carbons (Fsp3) is 0.556. The normalized spacial score (nSPS) is 19.3. The Hall–Kier alpha value is -2.15. The van der Waals surface area contributed by atoms with Gasteiger partial charge < -0.3 is 15.7 Å². The van der Waals surface area contributed by atoms with E-state index < -0.39 is 5.97 Å². The van der Waals surface area contributed by atoms with Gasteiger partial charge in [-0.3, -0.25) is 9.69 Å². The number of hydrogen-bond donors (Lipinski definition) is 3. The second-order valence-electron chi connectivity index (χ2n) is 6.37. The summed E-state index contributed by atoms with van der Waals surface area (Å²) >= 11 is 0. The molecule has 0 bridgehead atoms. The smallest absolute Gasteiger partial charge is 0.317 e. The number of likely N-dealkylation sites (N-methyl/N-ethyl adjacent to an activating group) is 1. The van der Waals surface area contributed by atoms with Crippen LogP contribution in [0.15, 0.2) is 24.3 Å². The molecule has 6 nitrogen and oxygen atoms in total. The molecule has 0 atom stereocenters. The Morgan fingerprint density at radius 3 is 2.68 bits per heavy atom. The van der Waals surface area contributed by atoms with Crippen LogP contribution in [0, 0.1) is 5.82 Å². The van der Waals surface area contributed by atoms with E-state index in [0.29, 0.717) is 31.5 Å². The average molecular weight is 351 g/mol. The molecule has 0 saturated heterocycles. The Labute approximate surface area is 147 Å². The van der Waals surface area contributed by atoms with Gasteiger partial charge >= 0.3 is 12.0 Å². The molecule has 1 aromatic rings. The van der Waals surface area contributed by atoms with Crippen molar-refractivity contribution in [3.05, 3.63) is 35.6 Å². The van der Waals surface area contributed by atoms with Crippen molar-refractivity contribution in [2.75, 3.05) is 19.6 Å². The van der Waals surface area contributed by atoms with E-state index in [1.807, 2.05) is 11.8 Å². The third-order valence-corrected chi connectivity index (χ3v) is 4.58. The fourth-order valence-corrected chi connectivity index (χ4v) is 3.09. The second kappa shape index (κ2) is 9.36. The van der Waals surface area contributed by atoms with E-state index in [9.17, 15) is 14.0 Å². The Kier molecular flexibility index (Phi) is 7.18. The first-order valence-electron chi connectivity index (χ1n) is 8.73. The van der Waals surface area contributed by atoms with Crippen molar-refractivity contribution in [2.24, 2.45) is 0 Å². The first-order valence-corrected chi connectivity index (χ1v) is 8.73. The minimum absolute atomic E-state index is 0.0378. The van der Waals surface area contributed by atoms with E-state index >= 15 is 0 Å². The summed E-state index contributed by atoms with van der Waals surface area (Å²) < 4.78 is 13.5. The van der Waals surface area contributed by atoms with Crippen LogP contribution in [0.3, 0.4) is 0 Å². The molecule has 3 N–H and O–H groups in total. The summed E-state index contributed by atoms with van der Waals surface area (Å²) in [6, 6.07) is 6.72. The van der Waals surface area contributed by atoms with Crippen molar-refractivity contribution in [1.29, 1.82) is 0 Å². The number of nitrogens with zero attached hydrogens (tertiary/aromatic N) is 1. The van der Waals surface area contributed by atoms with Crippen LogP contribution in [0.1, 0.15) is 31.7 Å². The van der Waals surface area contributed by atoms with Crippen molar-refractivity contribution in [1.82, 2.24) is 15.5 Å². The third kappa shape index (κ3) is 6.01. The van der Waals surface area contributed by atoms with Gasteiger partial charge in [0.1, 0.15) is 5.82 Å². The highest BCUT2D eigenvalue weighted by atomic mass is 19.1. The molecule has 7 heteroatoms. The standard InChI is InChI=1S/C18H26FN3O3/c1-2-22(12-17(23)24)15-10-14(11-15)21-18(25)20-9-5-7-13-6-3-4-8-16(13)19/h3-4,6,8,14-15H,2,5,7,9-12H2,1H3,(H,23,24)(H2,20,21,25). The number of aliphatic carboxylic acids is 1. The molecule has 2 amide bonds. The van der Waals surface area contributed by atoms with Crippen LogP contribution in [0.4, 0.5) is 9.18 Å². The number of carbonyl (C=O) groups is 2. The number of carbonyl (C=O) groups excluding carboxylic acids is 1. The largest absolute Gasteiger partial charge is 0.480 e. The molecule has 1 saturated carbocycles. The average Bonchev–Trinajstić information content (AvgIpc) is 2.54. The molecule has 0 unspecified atom stereocenters. The van der Waals surface area contributed by atoms with Gasteiger partial charge in [0.05, 0.1) is 6.54 Å². The van der Waals surface area contributed by atoms with Crippen LogP contribution in [-0.4, -0.2) is 53.7 Å². The van der Waals surface area contributed by atoms with Gasteiger partial charge in [-0.15, -0.1) is 0 Å². The highest BCUT2D eigenvalue weighted by Gasteiger charge is 2.34. The monoisotopic (exact) mass is 351 g/mol. The van der Waals surface area contributed by atoms with Gasteiger partial charge in [0, 0.05) is 18.6 Å². The molecule has 1 aliphatic rings. The zero-order chi connectivity index (χ0) is 18.2. The Bertz CT molecular complexity index is 591. The van der Waals surface area contributed by atoms with E-state index in [1.54, 1.807) is 18.2 Å². The van der Waals surface area contributed by atoms with E-state index in [2.05, 4.69) is 10.6 Å².